The lowest BCUT2D eigenvalue weighted by atomic mass is 9.75. The van der Waals surface area contributed by atoms with Crippen molar-refractivity contribution in [3.63, 3.8) is 0 Å². The molecule has 148 valence electrons. The lowest BCUT2D eigenvalue weighted by Crippen LogP contribution is -2.73. The molecule has 0 bridgehead atoms. The summed E-state index contributed by atoms with van der Waals surface area (Å²) in [5.41, 5.74) is -15.4. The lowest BCUT2D eigenvalue weighted by molar-refractivity contribution is -0.230. The molecule has 1 N–H and O–H groups in total. The van der Waals surface area contributed by atoms with Gasteiger partial charge in [0.25, 0.3) is 11.5 Å². The Kier molecular flexibility index (Phi) is 4.59. The zero-order chi connectivity index (χ0) is 20.3. The van der Waals surface area contributed by atoms with Gasteiger partial charge in [0.1, 0.15) is 0 Å². The average molecular weight is 394 g/mol. The number of alkyl halides is 9. The molecule has 0 saturated heterocycles. The summed E-state index contributed by atoms with van der Waals surface area (Å²) in [6, 6.07) is 0. The van der Waals surface area contributed by atoms with Crippen LogP contribution in [-0.2, 0) is 0 Å². The van der Waals surface area contributed by atoms with Gasteiger partial charge in [-0.1, -0.05) is 26.0 Å². The first-order chi connectivity index (χ1) is 11.7. The Labute approximate surface area is 142 Å². The van der Waals surface area contributed by atoms with Crippen LogP contribution < -0.4 is 0 Å². The summed E-state index contributed by atoms with van der Waals surface area (Å²) in [4.78, 5) is -0.0690. The van der Waals surface area contributed by atoms with E-state index in [2.05, 4.69) is 0 Å². The van der Waals surface area contributed by atoms with Crippen molar-refractivity contribution >= 4 is 5.71 Å². The van der Waals surface area contributed by atoms with Crippen LogP contribution in [0.5, 0.6) is 0 Å². The fourth-order valence-electron chi connectivity index (χ4n) is 3.62. The summed E-state index contributed by atoms with van der Waals surface area (Å²) >= 11 is 0. The van der Waals surface area contributed by atoms with Crippen LogP contribution in [0.1, 0.15) is 13.8 Å². The standard InChI is InChI=1S/C15H15F9N2/c1-3-26(4-2)15(24)12(18,10(25)14(21,22)23)11(17)8(13(15,19)20)6-5-7-9(11)16/h5-7,9,25H,3-4H2,1-2H3. The highest BCUT2D eigenvalue weighted by Crippen LogP contribution is 2.68. The highest BCUT2D eigenvalue weighted by Gasteiger charge is 2.92. The van der Waals surface area contributed by atoms with E-state index in [9.17, 15) is 26.3 Å². The molecule has 4 atom stereocenters. The summed E-state index contributed by atoms with van der Waals surface area (Å²) in [6.45, 7) is 0.580. The van der Waals surface area contributed by atoms with Gasteiger partial charge in [0.05, 0.1) is 0 Å². The Morgan fingerprint density at radius 2 is 1.62 bits per heavy atom. The molecule has 1 saturated carbocycles. The predicted molar refractivity (Wildman–Crippen MR) is 75.3 cm³/mol. The average Bonchev–Trinajstić information content (AvgIpc) is 2.64. The summed E-state index contributed by atoms with van der Waals surface area (Å²) in [6.07, 6.45) is -8.47. The van der Waals surface area contributed by atoms with Crippen molar-refractivity contribution in [3.8, 4) is 0 Å². The van der Waals surface area contributed by atoms with Gasteiger partial charge in [-0.15, -0.1) is 0 Å². The van der Waals surface area contributed by atoms with Crippen LogP contribution in [0, 0.1) is 5.41 Å². The van der Waals surface area contributed by atoms with Gasteiger partial charge in [0.2, 0.25) is 5.67 Å². The van der Waals surface area contributed by atoms with Crippen molar-refractivity contribution in [2.75, 3.05) is 13.1 Å². The predicted octanol–water partition coefficient (Wildman–Crippen LogP) is 4.48. The van der Waals surface area contributed by atoms with Gasteiger partial charge in [0.15, 0.2) is 11.9 Å². The molecule has 0 aromatic heterocycles. The van der Waals surface area contributed by atoms with Gasteiger partial charge in [-0.3, -0.25) is 10.3 Å². The molecule has 0 spiro atoms. The van der Waals surface area contributed by atoms with E-state index >= 15 is 13.2 Å². The van der Waals surface area contributed by atoms with Crippen LogP contribution in [-0.4, -0.2) is 59.1 Å². The van der Waals surface area contributed by atoms with E-state index in [-0.39, 0.29) is 17.1 Å². The first-order valence-corrected chi connectivity index (χ1v) is 7.58. The minimum Gasteiger partial charge on any atom is -0.297 e. The first kappa shape index (κ1) is 20.8. The monoisotopic (exact) mass is 394 g/mol. The highest BCUT2D eigenvalue weighted by molar-refractivity contribution is 5.99. The Morgan fingerprint density at radius 1 is 1.12 bits per heavy atom. The molecule has 4 unspecified atom stereocenters. The smallest absolute Gasteiger partial charge is 0.297 e. The van der Waals surface area contributed by atoms with E-state index < -0.39 is 59.8 Å². The normalized spacial score (nSPS) is 39.1. The van der Waals surface area contributed by atoms with Gasteiger partial charge in [0, 0.05) is 5.57 Å². The minimum absolute atomic E-state index is 0.0690. The van der Waals surface area contributed by atoms with Crippen LogP contribution >= 0.6 is 0 Å². The molecule has 2 rings (SSSR count). The number of hydrogen-bond acceptors (Lipinski definition) is 2. The minimum atomic E-state index is -6.01. The van der Waals surface area contributed by atoms with Crippen molar-refractivity contribution in [1.29, 1.82) is 5.41 Å². The number of allylic oxidation sites excluding steroid dienone is 3. The topological polar surface area (TPSA) is 27.1 Å². The Morgan fingerprint density at radius 3 is 2.04 bits per heavy atom. The third-order valence-corrected chi connectivity index (χ3v) is 4.85. The maximum absolute atomic E-state index is 15.6. The largest absolute Gasteiger partial charge is 0.432 e. The van der Waals surface area contributed by atoms with Crippen molar-refractivity contribution < 1.29 is 39.5 Å². The summed E-state index contributed by atoms with van der Waals surface area (Å²) < 4.78 is 129. The van der Waals surface area contributed by atoms with Crippen molar-refractivity contribution in [2.45, 2.75) is 49.2 Å². The Balaban J connectivity index is 2.96. The second kappa shape index (κ2) is 5.74. The summed E-state index contributed by atoms with van der Waals surface area (Å²) in [5.74, 6) is -10.1. The maximum Gasteiger partial charge on any atom is 0.432 e. The van der Waals surface area contributed by atoms with E-state index in [1.54, 1.807) is 0 Å². The van der Waals surface area contributed by atoms with Gasteiger partial charge < -0.3 is 0 Å². The molecule has 0 aromatic rings. The van der Waals surface area contributed by atoms with Gasteiger partial charge in [-0.05, 0) is 19.2 Å². The van der Waals surface area contributed by atoms with Crippen LogP contribution in [0.25, 0.3) is 0 Å². The molecule has 0 radical (unpaired) electrons. The lowest BCUT2D eigenvalue weighted by Gasteiger charge is -2.45. The number of hydrogen-bond donors (Lipinski definition) is 1. The number of halogens is 9. The summed E-state index contributed by atoms with van der Waals surface area (Å²) in [7, 11) is 0. The van der Waals surface area contributed by atoms with Crippen molar-refractivity contribution in [2.24, 2.45) is 0 Å². The molecule has 1 fully saturated rings. The van der Waals surface area contributed by atoms with Crippen LogP contribution in [0.3, 0.4) is 0 Å². The molecule has 0 heterocycles. The zero-order valence-corrected chi connectivity index (χ0v) is 13.6. The first-order valence-electron chi connectivity index (χ1n) is 7.58. The number of nitrogens with zero attached hydrogens (tertiary/aromatic N) is 1. The van der Waals surface area contributed by atoms with Gasteiger partial charge in [-0.25, -0.2) is 17.6 Å². The third-order valence-electron chi connectivity index (χ3n) is 4.85. The third kappa shape index (κ3) is 2.03. The SMILES string of the molecule is CCN(CC)C1(F)C(F)(F)C2=CC=CC(F)C2(F)C1(F)C(=N)C(F)(F)F. The number of rotatable bonds is 4. The van der Waals surface area contributed by atoms with E-state index in [0.29, 0.717) is 6.08 Å². The maximum atomic E-state index is 15.6. The molecule has 0 aromatic carbocycles. The second-order valence-corrected chi connectivity index (χ2v) is 5.98. The fourth-order valence-corrected chi connectivity index (χ4v) is 3.62. The molecular weight excluding hydrogens is 379 g/mol. The molecular formula is C15H15F9N2. The number of fused-ring (bicyclic) bond motifs is 1. The fraction of sp³-hybridized carbons (Fsp3) is 0.667. The van der Waals surface area contributed by atoms with Crippen molar-refractivity contribution in [3.05, 3.63) is 23.8 Å². The van der Waals surface area contributed by atoms with E-state index in [1.165, 1.54) is 0 Å². The molecule has 11 heteroatoms. The molecule has 2 nitrogen and oxygen atoms in total. The second-order valence-electron chi connectivity index (χ2n) is 5.98. The Hall–Kier alpha value is -1.52. The quantitative estimate of drug-likeness (QED) is 0.425. The van der Waals surface area contributed by atoms with E-state index in [1.807, 2.05) is 0 Å². The Bertz CT molecular complexity index is 667. The number of nitrogens with one attached hydrogen (secondary N) is 1. The molecule has 0 aliphatic heterocycles. The van der Waals surface area contributed by atoms with Gasteiger partial charge in [-0.2, -0.15) is 22.0 Å². The van der Waals surface area contributed by atoms with Gasteiger partial charge >= 0.3 is 12.1 Å². The van der Waals surface area contributed by atoms with E-state index in [0.717, 1.165) is 13.8 Å². The highest BCUT2D eigenvalue weighted by atomic mass is 19.4. The van der Waals surface area contributed by atoms with E-state index in [4.69, 9.17) is 5.41 Å². The van der Waals surface area contributed by atoms with Crippen LogP contribution in [0.4, 0.5) is 39.5 Å². The molecule has 26 heavy (non-hydrogen) atoms. The van der Waals surface area contributed by atoms with Crippen LogP contribution in [0.2, 0.25) is 0 Å². The van der Waals surface area contributed by atoms with Crippen molar-refractivity contribution in [1.82, 2.24) is 4.90 Å². The van der Waals surface area contributed by atoms with Crippen LogP contribution in [0.15, 0.2) is 23.8 Å². The molecule has 2 aliphatic rings. The zero-order valence-electron chi connectivity index (χ0n) is 13.6. The molecule has 0 amide bonds. The molecule has 2 aliphatic carbocycles. The summed E-state index contributed by atoms with van der Waals surface area (Å²) in [5, 5.41) is 6.99.